The SMILES string of the molecule is O=S(=O)(NCCN1CCOCC1)c1cccs1.[Cl-]. The monoisotopic (exact) mass is 311 g/mol. The Balaban J connectivity index is 0.00000162. The van der Waals surface area contributed by atoms with Crippen LogP contribution >= 0.6 is 11.3 Å². The van der Waals surface area contributed by atoms with Crippen molar-refractivity contribution in [1.82, 2.24) is 9.62 Å². The largest absolute Gasteiger partial charge is 1.00 e. The summed E-state index contributed by atoms with van der Waals surface area (Å²) in [5.41, 5.74) is 0. The van der Waals surface area contributed by atoms with E-state index in [9.17, 15) is 8.42 Å². The Morgan fingerprint density at radius 1 is 1.39 bits per heavy atom. The molecule has 8 heteroatoms. The van der Waals surface area contributed by atoms with Crippen molar-refractivity contribution in [3.63, 3.8) is 0 Å². The first kappa shape index (κ1) is 15.9. The number of hydrogen-bond acceptors (Lipinski definition) is 5. The molecule has 18 heavy (non-hydrogen) atoms. The Morgan fingerprint density at radius 3 is 2.72 bits per heavy atom. The standard InChI is InChI=1S/C10H16N2O3S2.ClH/c13-17(14,10-2-1-9-16-10)11-3-4-12-5-7-15-8-6-12;/h1-2,9,11H,3-8H2;1H/p-1. The highest BCUT2D eigenvalue weighted by Gasteiger charge is 2.15. The van der Waals surface area contributed by atoms with E-state index < -0.39 is 10.0 Å². The van der Waals surface area contributed by atoms with Gasteiger partial charge in [0.1, 0.15) is 4.21 Å². The molecule has 2 heterocycles. The minimum atomic E-state index is -3.31. The van der Waals surface area contributed by atoms with Crippen LogP contribution in [0.3, 0.4) is 0 Å². The van der Waals surface area contributed by atoms with Crippen molar-refractivity contribution in [2.75, 3.05) is 39.4 Å². The van der Waals surface area contributed by atoms with Gasteiger partial charge in [0.15, 0.2) is 0 Å². The molecule has 0 amide bonds. The van der Waals surface area contributed by atoms with Crippen molar-refractivity contribution in [2.24, 2.45) is 0 Å². The van der Waals surface area contributed by atoms with E-state index in [-0.39, 0.29) is 12.4 Å². The van der Waals surface area contributed by atoms with Crippen LogP contribution in [-0.2, 0) is 14.8 Å². The van der Waals surface area contributed by atoms with E-state index in [1.165, 1.54) is 11.3 Å². The molecule has 0 spiro atoms. The first-order chi connectivity index (χ1) is 8.18. The van der Waals surface area contributed by atoms with Crippen molar-refractivity contribution in [2.45, 2.75) is 4.21 Å². The van der Waals surface area contributed by atoms with Gasteiger partial charge in [-0.25, -0.2) is 13.1 Å². The fourth-order valence-corrected chi connectivity index (χ4v) is 3.71. The third kappa shape index (κ3) is 4.49. The number of nitrogens with zero attached hydrogens (tertiary/aromatic N) is 1. The van der Waals surface area contributed by atoms with Crippen LogP contribution in [0.25, 0.3) is 0 Å². The van der Waals surface area contributed by atoms with E-state index in [4.69, 9.17) is 4.74 Å². The van der Waals surface area contributed by atoms with Gasteiger partial charge in [-0.15, -0.1) is 11.3 Å². The molecule has 0 radical (unpaired) electrons. The third-order valence-corrected chi connectivity index (χ3v) is 5.44. The highest BCUT2D eigenvalue weighted by molar-refractivity contribution is 7.91. The molecule has 2 rings (SSSR count). The molecule has 1 aliphatic rings. The lowest BCUT2D eigenvalue weighted by Gasteiger charge is -2.26. The summed E-state index contributed by atoms with van der Waals surface area (Å²) in [6, 6.07) is 3.35. The predicted octanol–water partition coefficient (Wildman–Crippen LogP) is -2.64. The second-order valence-corrected chi connectivity index (χ2v) is 6.73. The number of ether oxygens (including phenoxy) is 1. The van der Waals surface area contributed by atoms with Crippen LogP contribution in [-0.4, -0.2) is 52.7 Å². The smallest absolute Gasteiger partial charge is 0.250 e. The van der Waals surface area contributed by atoms with Gasteiger partial charge < -0.3 is 17.1 Å². The maximum absolute atomic E-state index is 11.8. The van der Waals surface area contributed by atoms with E-state index in [1.807, 2.05) is 0 Å². The number of halogens is 1. The lowest BCUT2D eigenvalue weighted by atomic mass is 10.4. The summed E-state index contributed by atoms with van der Waals surface area (Å²) in [7, 11) is -3.31. The molecule has 0 aliphatic carbocycles. The van der Waals surface area contributed by atoms with Crippen LogP contribution < -0.4 is 17.1 Å². The quantitative estimate of drug-likeness (QED) is 0.646. The Labute approximate surface area is 118 Å². The van der Waals surface area contributed by atoms with Crippen molar-refractivity contribution in [3.05, 3.63) is 17.5 Å². The second kappa shape index (κ2) is 7.42. The van der Waals surface area contributed by atoms with E-state index in [0.717, 1.165) is 32.8 Å². The molecular weight excluding hydrogens is 296 g/mol. The maximum Gasteiger partial charge on any atom is 0.250 e. The van der Waals surface area contributed by atoms with Gasteiger partial charge in [0, 0.05) is 26.2 Å². The molecular formula is C10H16ClN2O3S2-. The van der Waals surface area contributed by atoms with Crippen molar-refractivity contribution in [3.8, 4) is 0 Å². The van der Waals surface area contributed by atoms with Gasteiger partial charge in [-0.05, 0) is 11.4 Å². The molecule has 1 N–H and O–H groups in total. The Bertz CT molecular complexity index is 430. The van der Waals surface area contributed by atoms with Crippen LogP contribution in [0.15, 0.2) is 21.7 Å². The summed E-state index contributed by atoms with van der Waals surface area (Å²) in [6.07, 6.45) is 0. The number of thiophene rings is 1. The maximum atomic E-state index is 11.8. The number of rotatable bonds is 5. The molecule has 1 aromatic heterocycles. The van der Waals surface area contributed by atoms with Gasteiger partial charge in [0.25, 0.3) is 0 Å². The minimum absolute atomic E-state index is 0. The second-order valence-electron chi connectivity index (χ2n) is 3.78. The summed E-state index contributed by atoms with van der Waals surface area (Å²) in [5, 5.41) is 1.76. The Morgan fingerprint density at radius 2 is 2.11 bits per heavy atom. The van der Waals surface area contributed by atoms with Gasteiger partial charge in [-0.3, -0.25) is 4.90 Å². The number of hydrogen-bond donors (Lipinski definition) is 1. The summed E-state index contributed by atoms with van der Waals surface area (Å²) in [6.45, 7) is 4.39. The summed E-state index contributed by atoms with van der Waals surface area (Å²) >= 11 is 1.23. The first-order valence-corrected chi connectivity index (χ1v) is 7.88. The Kier molecular flexibility index (Phi) is 6.54. The van der Waals surface area contributed by atoms with Gasteiger partial charge >= 0.3 is 0 Å². The zero-order chi connectivity index (χ0) is 12.1. The van der Waals surface area contributed by atoms with Gasteiger partial charge in [0.2, 0.25) is 10.0 Å². The van der Waals surface area contributed by atoms with Crippen molar-refractivity contribution in [1.29, 1.82) is 0 Å². The number of nitrogens with one attached hydrogen (secondary N) is 1. The topological polar surface area (TPSA) is 58.6 Å². The zero-order valence-corrected chi connectivity index (χ0v) is 12.2. The van der Waals surface area contributed by atoms with Gasteiger partial charge in [-0.2, -0.15) is 0 Å². The lowest BCUT2D eigenvalue weighted by Crippen LogP contribution is -3.00. The summed E-state index contributed by atoms with van der Waals surface area (Å²) < 4.78 is 31.8. The van der Waals surface area contributed by atoms with Crippen LogP contribution in [0, 0.1) is 0 Å². The van der Waals surface area contributed by atoms with Crippen LogP contribution in [0.1, 0.15) is 0 Å². The van der Waals surface area contributed by atoms with Crippen molar-refractivity contribution < 1.29 is 25.6 Å². The minimum Gasteiger partial charge on any atom is -1.00 e. The molecule has 1 aliphatic heterocycles. The predicted molar refractivity (Wildman–Crippen MR) is 66.8 cm³/mol. The number of morpholine rings is 1. The number of sulfonamides is 1. The van der Waals surface area contributed by atoms with E-state index in [1.54, 1.807) is 17.5 Å². The molecule has 0 aromatic carbocycles. The zero-order valence-electron chi connectivity index (χ0n) is 9.84. The van der Waals surface area contributed by atoms with E-state index in [0.29, 0.717) is 10.8 Å². The lowest BCUT2D eigenvalue weighted by molar-refractivity contribution is -0.00000779. The molecule has 0 unspecified atom stereocenters. The summed E-state index contributed by atoms with van der Waals surface area (Å²) in [4.78, 5) is 2.19. The fraction of sp³-hybridized carbons (Fsp3) is 0.600. The molecule has 0 atom stereocenters. The van der Waals surface area contributed by atoms with E-state index >= 15 is 0 Å². The molecule has 5 nitrogen and oxygen atoms in total. The van der Waals surface area contributed by atoms with Crippen molar-refractivity contribution >= 4 is 21.4 Å². The van der Waals surface area contributed by atoms with Crippen LogP contribution in [0.2, 0.25) is 0 Å². The van der Waals surface area contributed by atoms with Gasteiger partial charge in [-0.1, -0.05) is 6.07 Å². The van der Waals surface area contributed by atoms with Crippen LogP contribution in [0.5, 0.6) is 0 Å². The normalized spacial score (nSPS) is 17.3. The van der Waals surface area contributed by atoms with Gasteiger partial charge in [0.05, 0.1) is 13.2 Å². The first-order valence-electron chi connectivity index (χ1n) is 5.52. The molecule has 0 saturated carbocycles. The molecule has 1 aromatic rings. The average Bonchev–Trinajstić information content (AvgIpc) is 2.84. The molecule has 104 valence electrons. The highest BCUT2D eigenvalue weighted by atomic mass is 35.5. The fourth-order valence-electron chi connectivity index (χ4n) is 1.65. The molecule has 0 bridgehead atoms. The highest BCUT2D eigenvalue weighted by Crippen LogP contribution is 2.14. The third-order valence-electron chi connectivity index (χ3n) is 2.58. The van der Waals surface area contributed by atoms with E-state index in [2.05, 4.69) is 9.62 Å². The Hall–Kier alpha value is -0.180. The van der Waals surface area contributed by atoms with Crippen LogP contribution in [0.4, 0.5) is 0 Å². The molecule has 1 saturated heterocycles. The summed E-state index contributed by atoms with van der Waals surface area (Å²) in [5.74, 6) is 0. The molecule has 1 fully saturated rings. The average molecular weight is 312 g/mol.